The van der Waals surface area contributed by atoms with E-state index in [1.807, 2.05) is 19.1 Å². The first kappa shape index (κ1) is 19.8. The molecule has 0 bridgehead atoms. The first-order valence-electron chi connectivity index (χ1n) is 8.82. The average molecular weight is 390 g/mol. The van der Waals surface area contributed by atoms with Crippen LogP contribution in [0.4, 0.5) is 11.4 Å². The highest BCUT2D eigenvalue weighted by molar-refractivity contribution is 5.98. The van der Waals surface area contributed by atoms with Crippen LogP contribution >= 0.6 is 0 Å². The summed E-state index contributed by atoms with van der Waals surface area (Å²) in [6.45, 7) is 1.93. The highest BCUT2D eigenvalue weighted by Gasteiger charge is 2.26. The molecule has 3 aromatic carbocycles. The minimum Gasteiger partial charge on any atom is -0.444 e. The van der Waals surface area contributed by atoms with Crippen LogP contribution in [0, 0.1) is 17.0 Å². The zero-order valence-electron chi connectivity index (χ0n) is 15.6. The Balaban J connectivity index is 1.81. The third-order valence-electron chi connectivity index (χ3n) is 4.20. The Hall–Kier alpha value is -4.00. The standard InChI is InChI=1S/C22H18N2O5/c1-15-7-11-18(12-8-15)23-21(25)20(16-5-3-2-4-6-16)29-22(26)17-9-13-19(14-10-17)24(27)28/h2-14,20H,1H3,(H,23,25)/t20-/m1/s1. The summed E-state index contributed by atoms with van der Waals surface area (Å²) in [5.74, 6) is -1.26. The third kappa shape index (κ3) is 5.04. The minimum atomic E-state index is -1.18. The quantitative estimate of drug-likeness (QED) is 0.381. The molecule has 0 heterocycles. The fraction of sp³-hybridized carbons (Fsp3) is 0.0909. The maximum absolute atomic E-state index is 12.8. The van der Waals surface area contributed by atoms with Crippen molar-refractivity contribution in [2.24, 2.45) is 0 Å². The van der Waals surface area contributed by atoms with Crippen LogP contribution in [-0.2, 0) is 9.53 Å². The summed E-state index contributed by atoms with van der Waals surface area (Å²) in [6.07, 6.45) is -1.18. The lowest BCUT2D eigenvalue weighted by molar-refractivity contribution is -0.384. The maximum Gasteiger partial charge on any atom is 0.339 e. The highest BCUT2D eigenvalue weighted by Crippen LogP contribution is 2.22. The van der Waals surface area contributed by atoms with E-state index < -0.39 is 22.9 Å². The van der Waals surface area contributed by atoms with Crippen molar-refractivity contribution >= 4 is 23.3 Å². The van der Waals surface area contributed by atoms with Gasteiger partial charge in [-0.15, -0.1) is 0 Å². The van der Waals surface area contributed by atoms with Gasteiger partial charge in [-0.3, -0.25) is 14.9 Å². The average Bonchev–Trinajstić information content (AvgIpc) is 2.74. The van der Waals surface area contributed by atoms with E-state index >= 15 is 0 Å². The Bertz CT molecular complexity index is 1020. The number of nitro benzene ring substituents is 1. The van der Waals surface area contributed by atoms with Crippen LogP contribution in [-0.4, -0.2) is 16.8 Å². The van der Waals surface area contributed by atoms with Crippen molar-refractivity contribution in [1.82, 2.24) is 0 Å². The Morgan fingerprint density at radius 3 is 2.14 bits per heavy atom. The van der Waals surface area contributed by atoms with Crippen LogP contribution < -0.4 is 5.32 Å². The SMILES string of the molecule is Cc1ccc(NC(=O)[C@H](OC(=O)c2ccc([N+](=O)[O-])cc2)c2ccccc2)cc1. The van der Waals surface area contributed by atoms with Gasteiger partial charge in [-0.25, -0.2) is 4.79 Å². The number of amides is 1. The number of non-ortho nitro benzene ring substituents is 1. The monoisotopic (exact) mass is 390 g/mol. The number of anilines is 1. The number of hydrogen-bond donors (Lipinski definition) is 1. The number of carbonyl (C=O) groups is 2. The molecule has 7 heteroatoms. The molecule has 1 amide bonds. The molecule has 0 aliphatic heterocycles. The fourth-order valence-corrected chi connectivity index (χ4v) is 2.64. The number of rotatable bonds is 6. The predicted molar refractivity (Wildman–Crippen MR) is 108 cm³/mol. The zero-order chi connectivity index (χ0) is 20.8. The van der Waals surface area contributed by atoms with E-state index in [0.717, 1.165) is 5.56 Å². The molecule has 1 N–H and O–H groups in total. The summed E-state index contributed by atoms with van der Waals surface area (Å²) >= 11 is 0. The second-order valence-corrected chi connectivity index (χ2v) is 6.36. The first-order valence-corrected chi connectivity index (χ1v) is 8.82. The van der Waals surface area contributed by atoms with Crippen molar-refractivity contribution in [3.05, 3.63) is 106 Å². The van der Waals surface area contributed by atoms with Crippen LogP contribution in [0.1, 0.15) is 27.6 Å². The van der Waals surface area contributed by atoms with E-state index in [-0.39, 0.29) is 11.3 Å². The number of hydrogen-bond acceptors (Lipinski definition) is 5. The topological polar surface area (TPSA) is 98.5 Å². The second-order valence-electron chi connectivity index (χ2n) is 6.36. The largest absolute Gasteiger partial charge is 0.444 e. The minimum absolute atomic E-state index is 0.111. The van der Waals surface area contributed by atoms with Gasteiger partial charge in [0.05, 0.1) is 10.5 Å². The molecule has 3 aromatic rings. The zero-order valence-corrected chi connectivity index (χ0v) is 15.6. The van der Waals surface area contributed by atoms with Crippen LogP contribution in [0.2, 0.25) is 0 Å². The lowest BCUT2D eigenvalue weighted by Gasteiger charge is -2.18. The Labute approximate surface area is 167 Å². The van der Waals surface area contributed by atoms with Crippen LogP contribution in [0.5, 0.6) is 0 Å². The maximum atomic E-state index is 12.8. The van der Waals surface area contributed by atoms with Crippen molar-refractivity contribution in [1.29, 1.82) is 0 Å². The number of benzene rings is 3. The molecule has 0 spiro atoms. The molecule has 29 heavy (non-hydrogen) atoms. The van der Waals surface area contributed by atoms with E-state index in [9.17, 15) is 19.7 Å². The molecular formula is C22H18N2O5. The van der Waals surface area contributed by atoms with Crippen molar-refractivity contribution < 1.29 is 19.2 Å². The smallest absolute Gasteiger partial charge is 0.339 e. The molecule has 0 saturated carbocycles. The Kier molecular flexibility index (Phi) is 5.99. The molecule has 146 valence electrons. The number of nitro groups is 1. The van der Waals surface area contributed by atoms with Gasteiger partial charge < -0.3 is 10.1 Å². The van der Waals surface area contributed by atoms with Crippen molar-refractivity contribution in [3.63, 3.8) is 0 Å². The molecule has 3 rings (SSSR count). The number of aryl methyl sites for hydroxylation is 1. The van der Waals surface area contributed by atoms with E-state index in [1.165, 1.54) is 24.3 Å². The van der Waals surface area contributed by atoms with Crippen molar-refractivity contribution in [2.45, 2.75) is 13.0 Å². The molecular weight excluding hydrogens is 372 g/mol. The lowest BCUT2D eigenvalue weighted by Crippen LogP contribution is -2.26. The van der Waals surface area contributed by atoms with Gasteiger partial charge in [0.15, 0.2) is 0 Å². The van der Waals surface area contributed by atoms with E-state index in [1.54, 1.807) is 42.5 Å². The summed E-state index contributed by atoms with van der Waals surface area (Å²) in [6, 6.07) is 20.9. The van der Waals surface area contributed by atoms with Crippen LogP contribution in [0.3, 0.4) is 0 Å². The van der Waals surface area contributed by atoms with E-state index in [2.05, 4.69) is 5.32 Å². The summed E-state index contributed by atoms with van der Waals surface area (Å²) in [7, 11) is 0. The van der Waals surface area contributed by atoms with Gasteiger partial charge in [-0.2, -0.15) is 0 Å². The van der Waals surface area contributed by atoms with E-state index in [0.29, 0.717) is 11.3 Å². The van der Waals surface area contributed by atoms with Gasteiger partial charge in [-0.05, 0) is 31.2 Å². The summed E-state index contributed by atoms with van der Waals surface area (Å²) in [5.41, 5.74) is 2.10. The van der Waals surface area contributed by atoms with Gasteiger partial charge in [-0.1, -0.05) is 48.0 Å². The van der Waals surface area contributed by atoms with Gasteiger partial charge >= 0.3 is 5.97 Å². The number of ether oxygens (including phenoxy) is 1. The number of esters is 1. The molecule has 0 aliphatic carbocycles. The summed E-state index contributed by atoms with van der Waals surface area (Å²) in [4.78, 5) is 35.6. The van der Waals surface area contributed by atoms with Gasteiger partial charge in [0.25, 0.3) is 11.6 Å². The Morgan fingerprint density at radius 1 is 0.931 bits per heavy atom. The number of carbonyl (C=O) groups excluding carboxylic acids is 2. The molecule has 0 radical (unpaired) electrons. The number of nitrogens with zero attached hydrogens (tertiary/aromatic N) is 1. The molecule has 0 fully saturated rings. The van der Waals surface area contributed by atoms with Crippen molar-refractivity contribution in [2.75, 3.05) is 5.32 Å². The van der Waals surface area contributed by atoms with Crippen molar-refractivity contribution in [3.8, 4) is 0 Å². The number of nitrogens with one attached hydrogen (secondary N) is 1. The molecule has 0 aromatic heterocycles. The first-order chi connectivity index (χ1) is 13.9. The summed E-state index contributed by atoms with van der Waals surface area (Å²) < 4.78 is 5.46. The Morgan fingerprint density at radius 2 is 1.55 bits per heavy atom. The van der Waals surface area contributed by atoms with Gasteiger partial charge in [0, 0.05) is 23.4 Å². The fourth-order valence-electron chi connectivity index (χ4n) is 2.64. The second kappa shape index (κ2) is 8.79. The molecule has 0 aliphatic rings. The van der Waals surface area contributed by atoms with Crippen LogP contribution in [0.25, 0.3) is 0 Å². The van der Waals surface area contributed by atoms with E-state index in [4.69, 9.17) is 4.74 Å². The molecule has 7 nitrogen and oxygen atoms in total. The molecule has 1 atom stereocenters. The molecule has 0 unspecified atom stereocenters. The van der Waals surface area contributed by atoms with Crippen LogP contribution in [0.15, 0.2) is 78.9 Å². The normalized spacial score (nSPS) is 11.3. The van der Waals surface area contributed by atoms with Gasteiger partial charge in [0.2, 0.25) is 6.10 Å². The summed E-state index contributed by atoms with van der Waals surface area (Å²) in [5, 5.41) is 13.5. The predicted octanol–water partition coefficient (Wildman–Crippen LogP) is 4.44. The highest BCUT2D eigenvalue weighted by atomic mass is 16.6. The molecule has 0 saturated heterocycles. The van der Waals surface area contributed by atoms with Gasteiger partial charge in [0.1, 0.15) is 0 Å². The third-order valence-corrected chi connectivity index (χ3v) is 4.20. The lowest BCUT2D eigenvalue weighted by atomic mass is 10.1.